The maximum Gasteiger partial charge on any atom is 0.342 e. The summed E-state index contributed by atoms with van der Waals surface area (Å²) in [7, 11) is 1.27. The zero-order valence-electron chi connectivity index (χ0n) is 11.5. The molecular formula is C15H11NO6. The summed E-state index contributed by atoms with van der Waals surface area (Å²) in [5.41, 5.74) is 0.589. The lowest BCUT2D eigenvalue weighted by molar-refractivity contribution is -0.385. The molecule has 22 heavy (non-hydrogen) atoms. The van der Waals surface area contributed by atoms with Crippen LogP contribution in [0.4, 0.5) is 5.69 Å². The SMILES string of the molecule is COC(=O)c1ccc(-c2ccc(C(=O)O)c([N+](=O)[O-])c2)cc1. The van der Waals surface area contributed by atoms with E-state index in [0.29, 0.717) is 16.7 Å². The lowest BCUT2D eigenvalue weighted by Gasteiger charge is -2.05. The monoisotopic (exact) mass is 301 g/mol. The minimum atomic E-state index is -1.36. The summed E-state index contributed by atoms with van der Waals surface area (Å²) in [6.45, 7) is 0. The number of carbonyl (C=O) groups excluding carboxylic acids is 1. The highest BCUT2D eigenvalue weighted by atomic mass is 16.6. The number of hydrogen-bond donors (Lipinski definition) is 1. The minimum Gasteiger partial charge on any atom is -0.477 e. The quantitative estimate of drug-likeness (QED) is 0.528. The zero-order chi connectivity index (χ0) is 16.3. The van der Waals surface area contributed by atoms with E-state index >= 15 is 0 Å². The van der Waals surface area contributed by atoms with Crippen LogP contribution in [0, 0.1) is 10.1 Å². The van der Waals surface area contributed by atoms with Gasteiger partial charge in [-0.25, -0.2) is 9.59 Å². The predicted octanol–water partition coefficient (Wildman–Crippen LogP) is 2.75. The Hall–Kier alpha value is -3.22. The third-order valence-corrected chi connectivity index (χ3v) is 3.06. The molecule has 2 aromatic rings. The molecule has 7 nitrogen and oxygen atoms in total. The van der Waals surface area contributed by atoms with Crippen LogP contribution in [0.2, 0.25) is 0 Å². The van der Waals surface area contributed by atoms with Crippen molar-refractivity contribution in [3.63, 3.8) is 0 Å². The lowest BCUT2D eigenvalue weighted by Crippen LogP contribution is -2.03. The molecule has 0 saturated carbocycles. The van der Waals surface area contributed by atoms with Crippen molar-refractivity contribution in [2.24, 2.45) is 0 Å². The molecule has 0 aromatic heterocycles. The predicted molar refractivity (Wildman–Crippen MR) is 76.8 cm³/mol. The van der Waals surface area contributed by atoms with Crippen LogP contribution in [-0.4, -0.2) is 29.1 Å². The average molecular weight is 301 g/mol. The Morgan fingerprint density at radius 3 is 2.18 bits per heavy atom. The first kappa shape index (κ1) is 15.2. The fourth-order valence-electron chi connectivity index (χ4n) is 1.96. The average Bonchev–Trinajstić information content (AvgIpc) is 2.53. The van der Waals surface area contributed by atoms with Crippen molar-refractivity contribution in [1.82, 2.24) is 0 Å². The summed E-state index contributed by atoms with van der Waals surface area (Å²) in [5.74, 6) is -1.85. The van der Waals surface area contributed by atoms with Gasteiger partial charge in [0.05, 0.1) is 17.6 Å². The van der Waals surface area contributed by atoms with Gasteiger partial charge in [-0.05, 0) is 29.3 Å². The summed E-state index contributed by atoms with van der Waals surface area (Å²) in [6.07, 6.45) is 0. The molecule has 0 atom stereocenters. The van der Waals surface area contributed by atoms with Gasteiger partial charge in [0.2, 0.25) is 0 Å². The normalized spacial score (nSPS) is 10.0. The van der Waals surface area contributed by atoms with E-state index in [1.54, 1.807) is 12.1 Å². The molecule has 0 amide bonds. The van der Waals surface area contributed by atoms with E-state index in [2.05, 4.69) is 4.74 Å². The number of benzene rings is 2. The molecule has 0 bridgehead atoms. The Morgan fingerprint density at radius 1 is 1.09 bits per heavy atom. The number of rotatable bonds is 4. The van der Waals surface area contributed by atoms with E-state index in [9.17, 15) is 19.7 Å². The Balaban J connectivity index is 2.45. The summed E-state index contributed by atoms with van der Waals surface area (Å²) in [6, 6.07) is 10.1. The number of carbonyl (C=O) groups is 2. The number of aromatic carboxylic acids is 1. The van der Waals surface area contributed by atoms with Gasteiger partial charge in [0, 0.05) is 6.07 Å². The van der Waals surface area contributed by atoms with Gasteiger partial charge in [0.15, 0.2) is 0 Å². The van der Waals surface area contributed by atoms with Crippen LogP contribution in [0.5, 0.6) is 0 Å². The van der Waals surface area contributed by atoms with Crippen molar-refractivity contribution in [1.29, 1.82) is 0 Å². The summed E-state index contributed by atoms with van der Waals surface area (Å²) in [4.78, 5) is 32.6. The Morgan fingerprint density at radius 2 is 1.68 bits per heavy atom. The molecule has 0 aliphatic carbocycles. The maximum absolute atomic E-state index is 11.3. The van der Waals surface area contributed by atoms with Crippen molar-refractivity contribution in [2.45, 2.75) is 0 Å². The number of esters is 1. The van der Waals surface area contributed by atoms with Gasteiger partial charge >= 0.3 is 11.9 Å². The smallest absolute Gasteiger partial charge is 0.342 e. The molecule has 7 heteroatoms. The number of carboxylic acids is 1. The van der Waals surface area contributed by atoms with Crippen molar-refractivity contribution >= 4 is 17.6 Å². The second-order valence-electron chi connectivity index (χ2n) is 4.36. The molecule has 1 N–H and O–H groups in total. The molecule has 2 rings (SSSR count). The molecule has 0 fully saturated rings. The van der Waals surface area contributed by atoms with E-state index in [1.807, 2.05) is 0 Å². The Bertz CT molecular complexity index is 751. The van der Waals surface area contributed by atoms with Crippen LogP contribution >= 0.6 is 0 Å². The minimum absolute atomic E-state index is 0.350. The highest BCUT2D eigenvalue weighted by Gasteiger charge is 2.20. The van der Waals surface area contributed by atoms with E-state index in [4.69, 9.17) is 5.11 Å². The lowest BCUT2D eigenvalue weighted by atomic mass is 10.0. The van der Waals surface area contributed by atoms with Crippen molar-refractivity contribution in [3.8, 4) is 11.1 Å². The Labute approximate surface area is 124 Å². The molecule has 0 aliphatic rings. The number of nitrogens with zero attached hydrogens (tertiary/aromatic N) is 1. The molecule has 0 saturated heterocycles. The number of nitro groups is 1. The third kappa shape index (κ3) is 2.93. The number of methoxy groups -OCH3 is 1. The van der Waals surface area contributed by atoms with Gasteiger partial charge < -0.3 is 9.84 Å². The van der Waals surface area contributed by atoms with E-state index in [-0.39, 0.29) is 5.56 Å². The third-order valence-electron chi connectivity index (χ3n) is 3.06. The highest BCUT2D eigenvalue weighted by molar-refractivity contribution is 5.94. The molecule has 0 radical (unpaired) electrons. The van der Waals surface area contributed by atoms with Gasteiger partial charge in [-0.3, -0.25) is 10.1 Å². The fraction of sp³-hybridized carbons (Fsp3) is 0.0667. The fourth-order valence-corrected chi connectivity index (χ4v) is 1.96. The number of ether oxygens (including phenoxy) is 1. The number of nitro benzene ring substituents is 1. The first-order valence-corrected chi connectivity index (χ1v) is 6.14. The standard InChI is InChI=1S/C15H11NO6/c1-22-15(19)10-4-2-9(3-5-10)11-6-7-12(14(17)18)13(8-11)16(20)21/h2-8H,1H3,(H,17,18). The summed E-state index contributed by atoms with van der Waals surface area (Å²) < 4.78 is 4.58. The van der Waals surface area contributed by atoms with E-state index in [0.717, 1.165) is 0 Å². The van der Waals surface area contributed by atoms with Gasteiger partial charge in [-0.1, -0.05) is 18.2 Å². The van der Waals surface area contributed by atoms with Gasteiger partial charge in [0.25, 0.3) is 5.69 Å². The molecule has 0 unspecified atom stereocenters. The van der Waals surface area contributed by atoms with Gasteiger partial charge in [-0.2, -0.15) is 0 Å². The van der Waals surface area contributed by atoms with Crippen molar-refractivity contribution in [3.05, 3.63) is 63.7 Å². The molecule has 112 valence electrons. The van der Waals surface area contributed by atoms with Crippen LogP contribution in [0.1, 0.15) is 20.7 Å². The van der Waals surface area contributed by atoms with E-state index < -0.39 is 22.5 Å². The molecular weight excluding hydrogens is 290 g/mol. The highest BCUT2D eigenvalue weighted by Crippen LogP contribution is 2.27. The van der Waals surface area contributed by atoms with Crippen LogP contribution in [0.15, 0.2) is 42.5 Å². The van der Waals surface area contributed by atoms with Crippen LogP contribution in [0.3, 0.4) is 0 Å². The van der Waals surface area contributed by atoms with Crippen molar-refractivity contribution in [2.75, 3.05) is 7.11 Å². The van der Waals surface area contributed by atoms with Crippen LogP contribution in [0.25, 0.3) is 11.1 Å². The summed E-state index contributed by atoms with van der Waals surface area (Å²) in [5, 5.41) is 19.9. The molecule has 0 spiro atoms. The van der Waals surface area contributed by atoms with Crippen molar-refractivity contribution < 1.29 is 24.4 Å². The molecule has 2 aromatic carbocycles. The second-order valence-corrected chi connectivity index (χ2v) is 4.36. The first-order valence-electron chi connectivity index (χ1n) is 6.14. The van der Waals surface area contributed by atoms with E-state index in [1.165, 1.54) is 37.4 Å². The topological polar surface area (TPSA) is 107 Å². The maximum atomic E-state index is 11.3. The Kier molecular flexibility index (Phi) is 4.17. The largest absolute Gasteiger partial charge is 0.477 e. The molecule has 0 heterocycles. The van der Waals surface area contributed by atoms with Gasteiger partial charge in [0.1, 0.15) is 5.56 Å². The zero-order valence-corrected chi connectivity index (χ0v) is 11.5. The van der Waals surface area contributed by atoms with Crippen LogP contribution < -0.4 is 0 Å². The number of hydrogen-bond acceptors (Lipinski definition) is 5. The van der Waals surface area contributed by atoms with Gasteiger partial charge in [-0.15, -0.1) is 0 Å². The second kappa shape index (κ2) is 6.04. The number of carboxylic acid groups (broad SMARTS) is 1. The molecule has 0 aliphatic heterocycles. The first-order chi connectivity index (χ1) is 10.4. The summed E-state index contributed by atoms with van der Waals surface area (Å²) >= 11 is 0. The van der Waals surface area contributed by atoms with Crippen LogP contribution in [-0.2, 0) is 4.74 Å².